The maximum absolute atomic E-state index is 12.0. The highest BCUT2D eigenvalue weighted by Gasteiger charge is 2.14. The highest BCUT2D eigenvalue weighted by atomic mass is 35.5. The number of hydrogen-bond acceptors (Lipinski definition) is 3. The van der Waals surface area contributed by atoms with Crippen molar-refractivity contribution in [2.45, 2.75) is 0 Å². The number of aromatic hydroxyl groups is 1. The molecule has 0 spiro atoms. The molecule has 0 heterocycles. The zero-order valence-electron chi connectivity index (χ0n) is 9.65. The lowest BCUT2D eigenvalue weighted by Gasteiger charge is -2.10. The van der Waals surface area contributed by atoms with Gasteiger partial charge in [0.2, 0.25) is 0 Å². The van der Waals surface area contributed by atoms with Crippen molar-refractivity contribution in [3.05, 3.63) is 52.0 Å². The molecule has 1 amide bonds. The molecule has 0 saturated heterocycles. The summed E-state index contributed by atoms with van der Waals surface area (Å²) in [7, 11) is 0. The van der Waals surface area contributed by atoms with Crippen LogP contribution in [0.3, 0.4) is 0 Å². The quantitative estimate of drug-likeness (QED) is 0.742. The van der Waals surface area contributed by atoms with Gasteiger partial charge in [-0.3, -0.25) is 4.79 Å². The second-order valence-electron chi connectivity index (χ2n) is 3.82. The molecule has 0 aliphatic carbocycles. The van der Waals surface area contributed by atoms with E-state index in [1.54, 1.807) is 18.2 Å². The predicted octanol–water partition coefficient (Wildman–Crippen LogP) is 3.53. The minimum Gasteiger partial charge on any atom is -0.507 e. The van der Waals surface area contributed by atoms with Gasteiger partial charge in [0.05, 0.1) is 22.0 Å². The van der Waals surface area contributed by atoms with Crippen molar-refractivity contribution in [3.8, 4) is 5.75 Å². The van der Waals surface area contributed by atoms with Gasteiger partial charge in [0.25, 0.3) is 5.91 Å². The van der Waals surface area contributed by atoms with Gasteiger partial charge < -0.3 is 16.2 Å². The first-order chi connectivity index (χ1) is 8.99. The molecule has 19 heavy (non-hydrogen) atoms. The third-order valence-electron chi connectivity index (χ3n) is 2.49. The van der Waals surface area contributed by atoms with Crippen molar-refractivity contribution >= 4 is 40.5 Å². The van der Waals surface area contributed by atoms with E-state index in [0.717, 1.165) is 0 Å². The number of phenols is 1. The van der Waals surface area contributed by atoms with Gasteiger partial charge in [-0.1, -0.05) is 29.3 Å². The van der Waals surface area contributed by atoms with Crippen LogP contribution in [0.4, 0.5) is 11.4 Å². The molecule has 0 fully saturated rings. The highest BCUT2D eigenvalue weighted by Crippen LogP contribution is 2.29. The first kappa shape index (κ1) is 13.5. The van der Waals surface area contributed by atoms with Gasteiger partial charge >= 0.3 is 0 Å². The van der Waals surface area contributed by atoms with Gasteiger partial charge in [0.1, 0.15) is 5.75 Å². The highest BCUT2D eigenvalue weighted by molar-refractivity contribution is 6.34. The fourth-order valence-electron chi connectivity index (χ4n) is 1.55. The van der Waals surface area contributed by atoms with Gasteiger partial charge in [0, 0.05) is 5.02 Å². The zero-order chi connectivity index (χ0) is 14.0. The molecule has 0 saturated carbocycles. The monoisotopic (exact) mass is 296 g/mol. The van der Waals surface area contributed by atoms with E-state index >= 15 is 0 Å². The van der Waals surface area contributed by atoms with Crippen LogP contribution >= 0.6 is 23.2 Å². The van der Waals surface area contributed by atoms with Crippen molar-refractivity contribution in [2.75, 3.05) is 11.1 Å². The number of amides is 1. The minimum absolute atomic E-state index is 0.0868. The van der Waals surface area contributed by atoms with Crippen molar-refractivity contribution in [3.63, 3.8) is 0 Å². The molecule has 0 aliphatic rings. The molecule has 0 unspecified atom stereocenters. The molecule has 0 radical (unpaired) electrons. The molecular weight excluding hydrogens is 287 g/mol. The van der Waals surface area contributed by atoms with E-state index < -0.39 is 5.91 Å². The van der Waals surface area contributed by atoms with Gasteiger partial charge in [-0.2, -0.15) is 0 Å². The Labute approximate surface area is 119 Å². The lowest BCUT2D eigenvalue weighted by atomic mass is 10.1. The lowest BCUT2D eigenvalue weighted by Crippen LogP contribution is -2.13. The number of benzene rings is 2. The molecule has 0 atom stereocenters. The summed E-state index contributed by atoms with van der Waals surface area (Å²) >= 11 is 11.6. The number of rotatable bonds is 2. The van der Waals surface area contributed by atoms with Crippen molar-refractivity contribution in [1.82, 2.24) is 0 Å². The maximum Gasteiger partial charge on any atom is 0.259 e. The van der Waals surface area contributed by atoms with Gasteiger partial charge in [-0.05, 0) is 30.3 Å². The molecule has 2 rings (SSSR count). The summed E-state index contributed by atoms with van der Waals surface area (Å²) in [6.45, 7) is 0. The molecule has 0 bridgehead atoms. The number of halogens is 2. The summed E-state index contributed by atoms with van der Waals surface area (Å²) in [5.74, 6) is -0.732. The van der Waals surface area contributed by atoms with E-state index in [0.29, 0.717) is 21.4 Å². The fraction of sp³-hybridized carbons (Fsp3) is 0. The molecule has 2 aromatic carbocycles. The number of anilines is 2. The van der Waals surface area contributed by atoms with Crippen LogP contribution in [-0.4, -0.2) is 11.0 Å². The average Bonchev–Trinajstić information content (AvgIpc) is 2.33. The van der Waals surface area contributed by atoms with Crippen molar-refractivity contribution < 1.29 is 9.90 Å². The van der Waals surface area contributed by atoms with Crippen LogP contribution in [-0.2, 0) is 0 Å². The number of nitrogens with one attached hydrogen (secondary N) is 1. The van der Waals surface area contributed by atoms with Crippen molar-refractivity contribution in [2.24, 2.45) is 0 Å². The second kappa shape index (κ2) is 5.38. The Hall–Kier alpha value is -1.91. The smallest absolute Gasteiger partial charge is 0.259 e. The molecule has 0 aromatic heterocycles. The molecule has 98 valence electrons. The van der Waals surface area contributed by atoms with Crippen LogP contribution in [0, 0.1) is 0 Å². The van der Waals surface area contributed by atoms with Crippen LogP contribution in [0.5, 0.6) is 5.75 Å². The number of carbonyl (C=O) groups is 1. The predicted molar refractivity (Wildman–Crippen MR) is 76.9 cm³/mol. The van der Waals surface area contributed by atoms with Gasteiger partial charge in [-0.15, -0.1) is 0 Å². The maximum atomic E-state index is 12.0. The van der Waals surface area contributed by atoms with Crippen LogP contribution < -0.4 is 11.1 Å². The Morgan fingerprint density at radius 2 is 1.95 bits per heavy atom. The number of para-hydroxylation sites is 1. The minimum atomic E-state index is -0.519. The third kappa shape index (κ3) is 2.92. The summed E-state index contributed by atoms with van der Waals surface area (Å²) in [6.07, 6.45) is 0. The Morgan fingerprint density at radius 3 is 2.58 bits per heavy atom. The van der Waals surface area contributed by atoms with Crippen LogP contribution in [0.2, 0.25) is 10.0 Å². The number of nitrogens with two attached hydrogens (primary N) is 1. The summed E-state index contributed by atoms with van der Waals surface area (Å²) in [6, 6.07) is 9.10. The average molecular weight is 297 g/mol. The van der Waals surface area contributed by atoms with E-state index in [4.69, 9.17) is 28.9 Å². The molecular formula is C13H10Cl2N2O2. The molecule has 6 heteroatoms. The number of carbonyl (C=O) groups excluding carboxylic acids is 1. The summed E-state index contributed by atoms with van der Waals surface area (Å²) in [5.41, 5.74) is 6.46. The molecule has 0 aliphatic heterocycles. The standard InChI is InChI=1S/C13H10Cl2N2O2/c14-7-4-5-8(11(18)6-7)13(19)17-12-9(15)2-1-3-10(12)16/h1-6,18H,16H2,(H,17,19). The van der Waals surface area contributed by atoms with Crippen molar-refractivity contribution in [1.29, 1.82) is 0 Å². The van der Waals surface area contributed by atoms with E-state index in [2.05, 4.69) is 5.32 Å². The Balaban J connectivity index is 2.31. The Kier molecular flexibility index (Phi) is 3.83. The van der Waals surface area contributed by atoms with E-state index in [1.165, 1.54) is 18.2 Å². The number of phenolic OH excluding ortho intramolecular Hbond substituents is 1. The van der Waals surface area contributed by atoms with E-state index in [-0.39, 0.29) is 11.3 Å². The zero-order valence-corrected chi connectivity index (χ0v) is 11.2. The summed E-state index contributed by atoms with van der Waals surface area (Å²) in [4.78, 5) is 12.0. The first-order valence-electron chi connectivity index (χ1n) is 5.33. The van der Waals surface area contributed by atoms with Crippen LogP contribution in [0.15, 0.2) is 36.4 Å². The first-order valence-corrected chi connectivity index (χ1v) is 6.08. The van der Waals surface area contributed by atoms with Crippen LogP contribution in [0.25, 0.3) is 0 Å². The Bertz CT molecular complexity index is 624. The topological polar surface area (TPSA) is 75.3 Å². The van der Waals surface area contributed by atoms with Crippen LogP contribution in [0.1, 0.15) is 10.4 Å². The molecule has 4 N–H and O–H groups in total. The summed E-state index contributed by atoms with van der Waals surface area (Å²) < 4.78 is 0. The largest absolute Gasteiger partial charge is 0.507 e. The van der Waals surface area contributed by atoms with Gasteiger partial charge in [0.15, 0.2) is 0 Å². The Morgan fingerprint density at radius 1 is 1.21 bits per heavy atom. The lowest BCUT2D eigenvalue weighted by molar-refractivity contribution is 0.102. The van der Waals surface area contributed by atoms with E-state index in [1.807, 2.05) is 0 Å². The summed E-state index contributed by atoms with van der Waals surface area (Å²) in [5, 5.41) is 12.9. The number of nitrogen functional groups attached to an aromatic ring is 1. The van der Waals surface area contributed by atoms with E-state index in [9.17, 15) is 9.90 Å². The second-order valence-corrected chi connectivity index (χ2v) is 4.66. The number of hydrogen-bond donors (Lipinski definition) is 3. The normalized spacial score (nSPS) is 10.2. The third-order valence-corrected chi connectivity index (χ3v) is 3.04. The van der Waals surface area contributed by atoms with Gasteiger partial charge in [-0.25, -0.2) is 0 Å². The fourth-order valence-corrected chi connectivity index (χ4v) is 1.95. The molecule has 4 nitrogen and oxygen atoms in total. The molecule has 2 aromatic rings. The SMILES string of the molecule is Nc1cccc(Cl)c1NC(=O)c1ccc(Cl)cc1O.